The summed E-state index contributed by atoms with van der Waals surface area (Å²) < 4.78 is 0. The molecular formula is C14H24N4O. The van der Waals surface area contributed by atoms with E-state index in [1.54, 1.807) is 6.20 Å². The van der Waals surface area contributed by atoms with Gasteiger partial charge in [0.1, 0.15) is 11.5 Å². The van der Waals surface area contributed by atoms with Crippen molar-refractivity contribution in [3.63, 3.8) is 0 Å². The molecule has 1 aromatic heterocycles. The number of carbonyl (C=O) groups excluding carboxylic acids is 1. The highest BCUT2D eigenvalue weighted by Crippen LogP contribution is 2.03. The average Bonchev–Trinajstić information content (AvgIpc) is 2.44. The summed E-state index contributed by atoms with van der Waals surface area (Å²) in [6, 6.07) is 0.154. The highest BCUT2D eigenvalue weighted by atomic mass is 16.1. The van der Waals surface area contributed by atoms with E-state index < -0.39 is 0 Å². The molecule has 0 saturated heterocycles. The van der Waals surface area contributed by atoms with Gasteiger partial charge < -0.3 is 10.6 Å². The first-order valence-electron chi connectivity index (χ1n) is 7.04. The Hall–Kier alpha value is -1.65. The predicted molar refractivity (Wildman–Crippen MR) is 77.3 cm³/mol. The van der Waals surface area contributed by atoms with Gasteiger partial charge in [-0.3, -0.25) is 4.79 Å². The molecule has 5 heteroatoms. The largest absolute Gasteiger partial charge is 0.369 e. The number of hydrogen-bond acceptors (Lipinski definition) is 4. The third kappa shape index (κ3) is 5.68. The molecule has 0 aliphatic carbocycles. The minimum atomic E-state index is -0.167. The summed E-state index contributed by atoms with van der Waals surface area (Å²) in [5.41, 5.74) is 0.361. The summed E-state index contributed by atoms with van der Waals surface area (Å²) in [4.78, 5) is 20.1. The Morgan fingerprint density at radius 3 is 2.63 bits per heavy atom. The Labute approximate surface area is 115 Å². The molecule has 19 heavy (non-hydrogen) atoms. The number of aromatic nitrogens is 2. The van der Waals surface area contributed by atoms with Crippen LogP contribution in [-0.2, 0) is 0 Å². The minimum absolute atomic E-state index is 0.154. The summed E-state index contributed by atoms with van der Waals surface area (Å²) in [7, 11) is 0. The van der Waals surface area contributed by atoms with Gasteiger partial charge in [0.15, 0.2) is 0 Å². The Morgan fingerprint density at radius 1 is 1.26 bits per heavy atom. The Morgan fingerprint density at radius 2 is 2.05 bits per heavy atom. The topological polar surface area (TPSA) is 66.9 Å². The molecule has 5 nitrogen and oxygen atoms in total. The number of rotatable bonds is 8. The fourth-order valence-electron chi connectivity index (χ4n) is 1.53. The average molecular weight is 264 g/mol. The zero-order valence-electron chi connectivity index (χ0n) is 12.1. The molecule has 1 heterocycles. The molecule has 1 rings (SSSR count). The second kappa shape index (κ2) is 8.45. The molecule has 1 amide bonds. The molecule has 0 aromatic carbocycles. The van der Waals surface area contributed by atoms with Crippen molar-refractivity contribution in [3.8, 4) is 0 Å². The van der Waals surface area contributed by atoms with Gasteiger partial charge in [-0.15, -0.1) is 0 Å². The Balaban J connectivity index is 2.44. The van der Waals surface area contributed by atoms with Gasteiger partial charge in [0.2, 0.25) is 0 Å². The molecule has 0 saturated carbocycles. The predicted octanol–water partition coefficient (Wildman–Crippen LogP) is 2.61. The van der Waals surface area contributed by atoms with Gasteiger partial charge in [-0.1, -0.05) is 26.7 Å². The summed E-state index contributed by atoms with van der Waals surface area (Å²) in [6.07, 6.45) is 7.54. The highest BCUT2D eigenvalue weighted by molar-refractivity contribution is 5.92. The standard InChI is InChI=1S/C14H24N4O/c1-4-6-7-8-15-13-10-16-12(9-17-13)14(19)18-11(3)5-2/h9-11H,4-8H2,1-3H3,(H,15,17)(H,18,19). The molecule has 0 radical (unpaired) electrons. The van der Waals surface area contributed by atoms with Gasteiger partial charge in [-0.05, 0) is 19.8 Å². The van der Waals surface area contributed by atoms with Crippen LogP contribution in [0.3, 0.4) is 0 Å². The van der Waals surface area contributed by atoms with Crippen molar-refractivity contribution in [3.05, 3.63) is 18.1 Å². The van der Waals surface area contributed by atoms with Crippen molar-refractivity contribution in [2.75, 3.05) is 11.9 Å². The summed E-state index contributed by atoms with van der Waals surface area (Å²) in [6.45, 7) is 7.06. The number of hydrogen-bond donors (Lipinski definition) is 2. The Kier molecular flexibility index (Phi) is 6.85. The van der Waals surface area contributed by atoms with Crippen LogP contribution in [0.25, 0.3) is 0 Å². The van der Waals surface area contributed by atoms with Crippen molar-refractivity contribution < 1.29 is 4.79 Å². The number of unbranched alkanes of at least 4 members (excludes halogenated alkanes) is 2. The van der Waals surface area contributed by atoms with Gasteiger partial charge in [0.25, 0.3) is 5.91 Å². The lowest BCUT2D eigenvalue weighted by atomic mass is 10.2. The van der Waals surface area contributed by atoms with Crippen LogP contribution in [0.15, 0.2) is 12.4 Å². The fraction of sp³-hybridized carbons (Fsp3) is 0.643. The lowest BCUT2D eigenvalue weighted by Gasteiger charge is -2.10. The van der Waals surface area contributed by atoms with E-state index in [0.717, 1.165) is 25.2 Å². The molecule has 106 valence electrons. The quantitative estimate of drug-likeness (QED) is 0.708. The first kappa shape index (κ1) is 15.4. The molecule has 0 aliphatic rings. The van der Waals surface area contributed by atoms with E-state index in [1.807, 2.05) is 13.8 Å². The maximum atomic E-state index is 11.8. The van der Waals surface area contributed by atoms with Gasteiger partial charge >= 0.3 is 0 Å². The number of amides is 1. The maximum Gasteiger partial charge on any atom is 0.271 e. The van der Waals surface area contributed by atoms with Crippen molar-refractivity contribution in [1.82, 2.24) is 15.3 Å². The second-order valence-corrected chi connectivity index (χ2v) is 4.70. The molecule has 0 spiro atoms. The lowest BCUT2D eigenvalue weighted by molar-refractivity contribution is 0.0934. The van der Waals surface area contributed by atoms with Gasteiger partial charge in [-0.2, -0.15) is 0 Å². The molecule has 1 aromatic rings. The van der Waals surface area contributed by atoms with E-state index in [-0.39, 0.29) is 11.9 Å². The summed E-state index contributed by atoms with van der Waals surface area (Å²) in [5.74, 6) is 0.551. The van der Waals surface area contributed by atoms with Crippen molar-refractivity contribution in [2.24, 2.45) is 0 Å². The molecule has 1 atom stereocenters. The van der Waals surface area contributed by atoms with Gasteiger partial charge in [0.05, 0.1) is 12.4 Å². The first-order chi connectivity index (χ1) is 9.17. The molecule has 0 fully saturated rings. The molecular weight excluding hydrogens is 240 g/mol. The van der Waals surface area contributed by atoms with E-state index in [0.29, 0.717) is 5.69 Å². The summed E-state index contributed by atoms with van der Waals surface area (Å²) in [5, 5.41) is 6.06. The van der Waals surface area contributed by atoms with E-state index in [1.165, 1.54) is 19.0 Å². The zero-order valence-corrected chi connectivity index (χ0v) is 12.1. The van der Waals surface area contributed by atoms with E-state index in [2.05, 4.69) is 27.5 Å². The minimum Gasteiger partial charge on any atom is -0.369 e. The van der Waals surface area contributed by atoms with Crippen molar-refractivity contribution in [1.29, 1.82) is 0 Å². The lowest BCUT2D eigenvalue weighted by Crippen LogP contribution is -2.32. The monoisotopic (exact) mass is 264 g/mol. The van der Waals surface area contributed by atoms with Crippen LogP contribution < -0.4 is 10.6 Å². The third-order valence-corrected chi connectivity index (χ3v) is 2.96. The van der Waals surface area contributed by atoms with Gasteiger partial charge in [-0.25, -0.2) is 9.97 Å². The van der Waals surface area contributed by atoms with Crippen LogP contribution >= 0.6 is 0 Å². The number of carbonyl (C=O) groups is 1. The van der Waals surface area contributed by atoms with Crippen LogP contribution in [0.1, 0.15) is 56.9 Å². The number of nitrogens with one attached hydrogen (secondary N) is 2. The molecule has 1 unspecified atom stereocenters. The third-order valence-electron chi connectivity index (χ3n) is 2.96. The van der Waals surface area contributed by atoms with E-state index >= 15 is 0 Å². The number of nitrogens with zero attached hydrogens (tertiary/aromatic N) is 2. The van der Waals surface area contributed by atoms with Gasteiger partial charge in [0, 0.05) is 12.6 Å². The normalized spacial score (nSPS) is 11.9. The van der Waals surface area contributed by atoms with Crippen molar-refractivity contribution >= 4 is 11.7 Å². The summed E-state index contributed by atoms with van der Waals surface area (Å²) >= 11 is 0. The highest BCUT2D eigenvalue weighted by Gasteiger charge is 2.10. The first-order valence-corrected chi connectivity index (χ1v) is 7.04. The van der Waals surface area contributed by atoms with Crippen LogP contribution in [0, 0.1) is 0 Å². The molecule has 0 aliphatic heterocycles. The molecule has 2 N–H and O–H groups in total. The van der Waals surface area contributed by atoms with Crippen LogP contribution in [0.5, 0.6) is 0 Å². The fourth-order valence-corrected chi connectivity index (χ4v) is 1.53. The van der Waals surface area contributed by atoms with Crippen LogP contribution in [0.2, 0.25) is 0 Å². The smallest absolute Gasteiger partial charge is 0.271 e. The van der Waals surface area contributed by atoms with Crippen molar-refractivity contribution in [2.45, 2.75) is 52.5 Å². The second-order valence-electron chi connectivity index (χ2n) is 4.70. The Bertz CT molecular complexity index is 378. The number of anilines is 1. The van der Waals surface area contributed by atoms with E-state index in [4.69, 9.17) is 0 Å². The van der Waals surface area contributed by atoms with Crippen LogP contribution in [-0.4, -0.2) is 28.5 Å². The molecule has 0 bridgehead atoms. The maximum absolute atomic E-state index is 11.8. The zero-order chi connectivity index (χ0) is 14.1. The van der Waals surface area contributed by atoms with Crippen LogP contribution in [0.4, 0.5) is 5.82 Å². The van der Waals surface area contributed by atoms with E-state index in [9.17, 15) is 4.79 Å². The SMILES string of the molecule is CCCCCNc1cnc(C(=O)NC(C)CC)cn1.